The SMILES string of the molecule is C=NC(=O)c1ccc(-n2ccnc2)c(S(C)(=O)=O)c1C. The number of benzene rings is 1. The van der Waals surface area contributed by atoms with Gasteiger partial charge in [-0.25, -0.2) is 18.4 Å². The Morgan fingerprint density at radius 1 is 1.40 bits per heavy atom. The van der Waals surface area contributed by atoms with Crippen LogP contribution in [0.25, 0.3) is 5.69 Å². The maximum atomic E-state index is 12.0. The van der Waals surface area contributed by atoms with Crippen LogP contribution in [0.1, 0.15) is 15.9 Å². The largest absolute Gasteiger partial charge is 0.305 e. The van der Waals surface area contributed by atoms with Crippen molar-refractivity contribution in [3.8, 4) is 5.69 Å². The molecule has 0 spiro atoms. The van der Waals surface area contributed by atoms with Gasteiger partial charge in [-0.15, -0.1) is 0 Å². The molecule has 0 radical (unpaired) electrons. The quantitative estimate of drug-likeness (QED) is 0.801. The zero-order valence-corrected chi connectivity index (χ0v) is 11.9. The smallest absolute Gasteiger partial charge is 0.276 e. The van der Waals surface area contributed by atoms with Crippen LogP contribution in [-0.2, 0) is 9.84 Å². The second-order valence-corrected chi connectivity index (χ2v) is 6.24. The first kappa shape index (κ1) is 14.1. The van der Waals surface area contributed by atoms with Crippen molar-refractivity contribution in [2.75, 3.05) is 6.26 Å². The molecular weight excluding hydrogens is 278 g/mol. The lowest BCUT2D eigenvalue weighted by Gasteiger charge is -2.14. The number of hydrogen-bond donors (Lipinski definition) is 0. The Kier molecular flexibility index (Phi) is 3.54. The van der Waals surface area contributed by atoms with Crippen LogP contribution in [0.15, 0.2) is 40.7 Å². The molecule has 2 rings (SSSR count). The fourth-order valence-corrected chi connectivity index (χ4v) is 3.29. The summed E-state index contributed by atoms with van der Waals surface area (Å²) < 4.78 is 25.7. The van der Waals surface area contributed by atoms with Crippen LogP contribution in [0.3, 0.4) is 0 Å². The molecule has 0 saturated carbocycles. The van der Waals surface area contributed by atoms with E-state index in [1.807, 2.05) is 0 Å². The minimum Gasteiger partial charge on any atom is -0.305 e. The van der Waals surface area contributed by atoms with Crippen molar-refractivity contribution < 1.29 is 13.2 Å². The number of carbonyl (C=O) groups is 1. The molecule has 6 nitrogen and oxygen atoms in total. The minimum absolute atomic E-state index is 0.0880. The van der Waals surface area contributed by atoms with Gasteiger partial charge in [0.05, 0.1) is 16.9 Å². The van der Waals surface area contributed by atoms with E-state index in [1.54, 1.807) is 30.0 Å². The minimum atomic E-state index is -3.52. The van der Waals surface area contributed by atoms with Crippen molar-refractivity contribution in [3.63, 3.8) is 0 Å². The van der Waals surface area contributed by atoms with Crippen LogP contribution >= 0.6 is 0 Å². The number of amides is 1. The summed E-state index contributed by atoms with van der Waals surface area (Å²) in [4.78, 5) is 19.0. The molecule has 20 heavy (non-hydrogen) atoms. The van der Waals surface area contributed by atoms with E-state index < -0.39 is 15.7 Å². The van der Waals surface area contributed by atoms with Gasteiger partial charge in [-0.05, 0) is 31.3 Å². The van der Waals surface area contributed by atoms with Gasteiger partial charge in [-0.1, -0.05) is 0 Å². The molecule has 2 aromatic rings. The van der Waals surface area contributed by atoms with E-state index in [1.165, 1.54) is 12.4 Å². The molecule has 1 heterocycles. The fraction of sp³-hybridized carbons (Fsp3) is 0.154. The zero-order chi connectivity index (χ0) is 14.9. The molecule has 0 unspecified atom stereocenters. The first-order valence-electron chi connectivity index (χ1n) is 5.69. The molecule has 104 valence electrons. The average Bonchev–Trinajstić information content (AvgIpc) is 2.89. The van der Waals surface area contributed by atoms with E-state index in [4.69, 9.17) is 0 Å². The highest BCUT2D eigenvalue weighted by Gasteiger charge is 2.22. The highest BCUT2D eigenvalue weighted by Crippen LogP contribution is 2.27. The molecule has 0 fully saturated rings. The summed E-state index contributed by atoms with van der Waals surface area (Å²) in [6.45, 7) is 4.76. The van der Waals surface area contributed by atoms with Crippen molar-refractivity contribution in [3.05, 3.63) is 42.0 Å². The summed E-state index contributed by atoms with van der Waals surface area (Å²) in [5, 5.41) is 0. The van der Waals surface area contributed by atoms with Gasteiger partial charge in [-0.2, -0.15) is 0 Å². The lowest BCUT2D eigenvalue weighted by molar-refractivity contribution is 0.100. The van der Waals surface area contributed by atoms with Crippen molar-refractivity contribution in [2.24, 2.45) is 4.99 Å². The van der Waals surface area contributed by atoms with Gasteiger partial charge < -0.3 is 4.57 Å². The van der Waals surface area contributed by atoms with Crippen molar-refractivity contribution in [1.29, 1.82) is 0 Å². The van der Waals surface area contributed by atoms with Gasteiger partial charge in [0.2, 0.25) is 0 Å². The number of aromatic nitrogens is 2. The number of imidazole rings is 1. The van der Waals surface area contributed by atoms with Crippen molar-refractivity contribution in [2.45, 2.75) is 11.8 Å². The second-order valence-electron chi connectivity index (χ2n) is 4.29. The summed E-state index contributed by atoms with van der Waals surface area (Å²) in [5.41, 5.74) is 1.03. The van der Waals surface area contributed by atoms with Crippen molar-refractivity contribution >= 4 is 22.5 Å². The number of sulfone groups is 1. The number of nitrogens with zero attached hydrogens (tertiary/aromatic N) is 3. The van der Waals surface area contributed by atoms with E-state index >= 15 is 0 Å². The maximum Gasteiger partial charge on any atom is 0.276 e. The van der Waals surface area contributed by atoms with Gasteiger partial charge in [0.15, 0.2) is 9.84 Å². The van der Waals surface area contributed by atoms with Crippen LogP contribution in [0.4, 0.5) is 0 Å². The van der Waals surface area contributed by atoms with Gasteiger partial charge in [0.25, 0.3) is 5.91 Å². The Hall–Kier alpha value is -2.28. The maximum absolute atomic E-state index is 12.0. The molecular formula is C13H13N3O3S. The second kappa shape index (κ2) is 5.01. The molecule has 1 aromatic heterocycles. The van der Waals surface area contributed by atoms with Crippen LogP contribution in [0, 0.1) is 6.92 Å². The van der Waals surface area contributed by atoms with E-state index in [0.717, 1.165) is 6.26 Å². The van der Waals surface area contributed by atoms with E-state index in [2.05, 4.69) is 16.7 Å². The van der Waals surface area contributed by atoms with Crippen LogP contribution in [0.5, 0.6) is 0 Å². The normalized spacial score (nSPS) is 11.3. The lowest BCUT2D eigenvalue weighted by atomic mass is 10.1. The third-order valence-electron chi connectivity index (χ3n) is 2.91. The first-order valence-corrected chi connectivity index (χ1v) is 7.58. The highest BCUT2D eigenvalue weighted by atomic mass is 32.2. The number of carbonyl (C=O) groups excluding carboxylic acids is 1. The summed E-state index contributed by atoms with van der Waals surface area (Å²) in [7, 11) is -3.52. The van der Waals surface area contributed by atoms with E-state index in [-0.39, 0.29) is 10.5 Å². The first-order chi connectivity index (χ1) is 9.36. The van der Waals surface area contributed by atoms with E-state index in [9.17, 15) is 13.2 Å². The van der Waals surface area contributed by atoms with Crippen LogP contribution < -0.4 is 0 Å². The molecule has 0 bridgehead atoms. The number of rotatable bonds is 3. The molecule has 7 heteroatoms. The lowest BCUT2D eigenvalue weighted by Crippen LogP contribution is -2.10. The van der Waals surface area contributed by atoms with Gasteiger partial charge >= 0.3 is 0 Å². The monoisotopic (exact) mass is 291 g/mol. The Labute approximate surface area is 116 Å². The topological polar surface area (TPSA) is 81.4 Å². The van der Waals surface area contributed by atoms with E-state index in [0.29, 0.717) is 11.3 Å². The molecule has 0 atom stereocenters. The fourth-order valence-electron chi connectivity index (χ4n) is 2.07. The Bertz CT molecular complexity index is 777. The molecule has 0 aliphatic heterocycles. The molecule has 0 aliphatic rings. The third kappa shape index (κ3) is 2.39. The molecule has 0 N–H and O–H groups in total. The Balaban J connectivity index is 2.83. The van der Waals surface area contributed by atoms with Gasteiger partial charge in [-0.3, -0.25) is 4.79 Å². The highest BCUT2D eigenvalue weighted by molar-refractivity contribution is 7.90. The Morgan fingerprint density at radius 2 is 2.10 bits per heavy atom. The van der Waals surface area contributed by atoms with Crippen LogP contribution in [-0.4, -0.2) is 36.8 Å². The molecule has 1 aromatic carbocycles. The molecule has 0 saturated heterocycles. The average molecular weight is 291 g/mol. The predicted molar refractivity (Wildman–Crippen MR) is 75.3 cm³/mol. The summed E-state index contributed by atoms with van der Waals surface area (Å²) in [6, 6.07) is 3.10. The number of aliphatic imine (C=N–C) groups is 1. The standard InChI is InChI=1S/C13H13N3O3S/c1-9-10(13(17)14-2)4-5-11(12(9)20(3,18)19)16-7-6-15-8-16/h4-8H,2H2,1,3H3. The van der Waals surface area contributed by atoms with Crippen molar-refractivity contribution in [1.82, 2.24) is 9.55 Å². The zero-order valence-electron chi connectivity index (χ0n) is 11.1. The molecule has 0 aliphatic carbocycles. The predicted octanol–water partition coefficient (Wildman–Crippen LogP) is 1.43. The summed E-state index contributed by atoms with van der Waals surface area (Å²) >= 11 is 0. The Morgan fingerprint density at radius 3 is 2.60 bits per heavy atom. The summed E-state index contributed by atoms with van der Waals surface area (Å²) in [6.07, 6.45) is 5.78. The van der Waals surface area contributed by atoms with Crippen LogP contribution in [0.2, 0.25) is 0 Å². The van der Waals surface area contributed by atoms with Gasteiger partial charge in [0.1, 0.15) is 0 Å². The molecule has 1 amide bonds. The van der Waals surface area contributed by atoms with Gasteiger partial charge in [0, 0.05) is 24.2 Å². The summed E-state index contributed by atoms with van der Waals surface area (Å²) in [5.74, 6) is -0.551. The third-order valence-corrected chi connectivity index (χ3v) is 4.17. The number of hydrogen-bond acceptors (Lipinski definition) is 4.